The molecule has 0 spiro atoms. The van der Waals surface area contributed by atoms with Gasteiger partial charge in [-0.25, -0.2) is 0 Å². The maximum absolute atomic E-state index is 13.0. The summed E-state index contributed by atoms with van der Waals surface area (Å²) in [6.45, 7) is 4.61. The highest BCUT2D eigenvalue weighted by atomic mass is 16.3. The molecule has 1 heterocycles. The van der Waals surface area contributed by atoms with Gasteiger partial charge in [0.2, 0.25) is 5.91 Å². The normalized spacial score (nSPS) is 15.9. The zero-order valence-corrected chi connectivity index (χ0v) is 19.1. The Labute approximate surface area is 194 Å². The Bertz CT molecular complexity index is 1150. The van der Waals surface area contributed by atoms with Crippen LogP contribution in [0.2, 0.25) is 0 Å². The minimum Gasteiger partial charge on any atom is -0.508 e. The van der Waals surface area contributed by atoms with E-state index in [1.54, 1.807) is 24.3 Å². The molecule has 1 aliphatic heterocycles. The molecule has 0 radical (unpaired) electrons. The van der Waals surface area contributed by atoms with Crippen LogP contribution in [0.25, 0.3) is 0 Å². The highest BCUT2D eigenvalue weighted by Crippen LogP contribution is 2.32. The number of benzene rings is 3. The predicted molar refractivity (Wildman–Crippen MR) is 131 cm³/mol. The van der Waals surface area contributed by atoms with Crippen molar-refractivity contribution in [1.29, 1.82) is 0 Å². The molecule has 33 heavy (non-hydrogen) atoms. The monoisotopic (exact) mass is 445 g/mol. The maximum Gasteiger partial charge on any atom is 0.237 e. The van der Waals surface area contributed by atoms with E-state index in [9.17, 15) is 15.0 Å². The van der Waals surface area contributed by atoms with Crippen LogP contribution >= 0.6 is 0 Å². The average Bonchev–Trinajstić information content (AvgIpc) is 2.76. The molecule has 1 aliphatic rings. The van der Waals surface area contributed by atoms with Gasteiger partial charge in [0, 0.05) is 12.2 Å². The van der Waals surface area contributed by atoms with E-state index < -0.39 is 6.04 Å². The average molecular weight is 446 g/mol. The van der Waals surface area contributed by atoms with Gasteiger partial charge in [0.25, 0.3) is 0 Å². The highest BCUT2D eigenvalue weighted by molar-refractivity contribution is 5.82. The molecule has 172 valence electrons. The molecule has 1 amide bonds. The second-order valence-corrected chi connectivity index (χ2v) is 8.91. The number of nitrogens with two attached hydrogens (primary N) is 1. The first kappa shape index (κ1) is 22.7. The van der Waals surface area contributed by atoms with E-state index in [-0.39, 0.29) is 23.4 Å². The Morgan fingerprint density at radius 3 is 2.52 bits per heavy atom. The van der Waals surface area contributed by atoms with Crippen molar-refractivity contribution in [3.63, 3.8) is 0 Å². The van der Waals surface area contributed by atoms with Crippen molar-refractivity contribution in [1.82, 2.24) is 5.32 Å². The number of carbonyl (C=O) groups is 1. The van der Waals surface area contributed by atoms with Gasteiger partial charge in [-0.1, -0.05) is 24.3 Å². The van der Waals surface area contributed by atoms with E-state index in [2.05, 4.69) is 28.8 Å². The third-order valence-corrected chi connectivity index (χ3v) is 6.32. The number of fused-ring (bicyclic) bond motifs is 1. The van der Waals surface area contributed by atoms with E-state index >= 15 is 0 Å². The molecule has 4 rings (SSSR count). The largest absolute Gasteiger partial charge is 0.508 e. The molecule has 0 fully saturated rings. The van der Waals surface area contributed by atoms with Crippen molar-refractivity contribution in [2.45, 2.75) is 45.2 Å². The number of carbonyl (C=O) groups excluding carboxylic acids is 1. The minimum absolute atomic E-state index is 0.120. The maximum atomic E-state index is 13.0. The molecule has 0 aliphatic carbocycles. The third kappa shape index (κ3) is 5.29. The van der Waals surface area contributed by atoms with Gasteiger partial charge in [0.05, 0.1) is 12.1 Å². The van der Waals surface area contributed by atoms with Crippen LogP contribution in [0.4, 0.5) is 5.69 Å². The smallest absolute Gasteiger partial charge is 0.237 e. The molecular formula is C27H31N3O3. The van der Waals surface area contributed by atoms with Crippen molar-refractivity contribution in [2.24, 2.45) is 5.73 Å². The number of rotatable bonds is 6. The summed E-state index contributed by atoms with van der Waals surface area (Å²) in [6.07, 6.45) is 1.89. The topological polar surface area (TPSA) is 108 Å². The fourth-order valence-corrected chi connectivity index (χ4v) is 4.61. The Morgan fingerprint density at radius 1 is 1.06 bits per heavy atom. The number of hydrogen-bond donors (Lipinski definition) is 5. The summed E-state index contributed by atoms with van der Waals surface area (Å²) in [5.41, 5.74) is 13.4. The van der Waals surface area contributed by atoms with Crippen LogP contribution < -0.4 is 16.4 Å². The third-order valence-electron chi connectivity index (χ3n) is 6.32. The molecule has 0 saturated heterocycles. The molecule has 0 bridgehead atoms. The molecule has 2 atom stereocenters. The first-order valence-electron chi connectivity index (χ1n) is 11.3. The summed E-state index contributed by atoms with van der Waals surface area (Å²) in [5.74, 6) is 0.295. The summed E-state index contributed by atoms with van der Waals surface area (Å²) in [7, 11) is 0. The van der Waals surface area contributed by atoms with Gasteiger partial charge in [0.1, 0.15) is 11.5 Å². The van der Waals surface area contributed by atoms with Crippen LogP contribution in [-0.4, -0.2) is 28.7 Å². The lowest BCUT2D eigenvalue weighted by molar-refractivity contribution is -0.123. The molecule has 0 aromatic heterocycles. The summed E-state index contributed by atoms with van der Waals surface area (Å²) in [4.78, 5) is 13.0. The zero-order chi connectivity index (χ0) is 23.5. The number of aromatic hydroxyl groups is 2. The van der Waals surface area contributed by atoms with Gasteiger partial charge >= 0.3 is 0 Å². The first-order chi connectivity index (χ1) is 15.8. The summed E-state index contributed by atoms with van der Waals surface area (Å²) >= 11 is 0. The van der Waals surface area contributed by atoms with Crippen LogP contribution in [0.3, 0.4) is 0 Å². The van der Waals surface area contributed by atoms with Gasteiger partial charge in [0.15, 0.2) is 0 Å². The van der Waals surface area contributed by atoms with E-state index in [0.29, 0.717) is 12.8 Å². The fraction of sp³-hybridized carbons (Fsp3) is 0.296. The molecule has 6 nitrogen and oxygen atoms in total. The highest BCUT2D eigenvalue weighted by Gasteiger charge is 2.25. The van der Waals surface area contributed by atoms with Crippen LogP contribution in [-0.2, 0) is 17.6 Å². The number of aryl methyl sites for hydroxylation is 2. The lowest BCUT2D eigenvalue weighted by Crippen LogP contribution is -2.44. The summed E-state index contributed by atoms with van der Waals surface area (Å²) in [5, 5.41) is 26.1. The Morgan fingerprint density at radius 2 is 1.79 bits per heavy atom. The van der Waals surface area contributed by atoms with Gasteiger partial charge in [-0.15, -0.1) is 0 Å². The Balaban J connectivity index is 1.48. The second-order valence-electron chi connectivity index (χ2n) is 8.91. The van der Waals surface area contributed by atoms with E-state index in [4.69, 9.17) is 5.73 Å². The molecule has 0 unspecified atom stereocenters. The van der Waals surface area contributed by atoms with Crippen LogP contribution in [0.1, 0.15) is 45.8 Å². The number of nitrogens with one attached hydrogen (secondary N) is 2. The van der Waals surface area contributed by atoms with E-state index in [0.717, 1.165) is 52.0 Å². The van der Waals surface area contributed by atoms with Gasteiger partial charge in [-0.2, -0.15) is 0 Å². The Hall–Kier alpha value is -3.51. The van der Waals surface area contributed by atoms with Crippen molar-refractivity contribution in [3.8, 4) is 11.5 Å². The molecule has 6 N–H and O–H groups in total. The molecule has 3 aromatic carbocycles. The number of phenols is 2. The number of amides is 1. The van der Waals surface area contributed by atoms with Crippen molar-refractivity contribution >= 4 is 11.6 Å². The predicted octanol–water partition coefficient (Wildman–Crippen LogP) is 3.85. The number of phenolic OH excluding ortho intramolecular Hbond substituents is 2. The fourth-order valence-electron chi connectivity index (χ4n) is 4.61. The van der Waals surface area contributed by atoms with Crippen molar-refractivity contribution in [2.75, 3.05) is 11.9 Å². The molecule has 0 saturated carbocycles. The lowest BCUT2D eigenvalue weighted by atomic mass is 9.92. The van der Waals surface area contributed by atoms with Crippen molar-refractivity contribution in [3.05, 3.63) is 88.0 Å². The van der Waals surface area contributed by atoms with Crippen molar-refractivity contribution < 1.29 is 15.0 Å². The zero-order valence-electron chi connectivity index (χ0n) is 19.1. The summed E-state index contributed by atoms with van der Waals surface area (Å²) in [6, 6.07) is 16.1. The quantitative estimate of drug-likeness (QED) is 0.396. The van der Waals surface area contributed by atoms with Gasteiger partial charge < -0.3 is 26.6 Å². The molecule has 3 aromatic rings. The Kier molecular flexibility index (Phi) is 6.56. The summed E-state index contributed by atoms with van der Waals surface area (Å²) < 4.78 is 0. The second kappa shape index (κ2) is 9.55. The van der Waals surface area contributed by atoms with Crippen LogP contribution in [0, 0.1) is 13.8 Å². The minimum atomic E-state index is -0.680. The first-order valence-corrected chi connectivity index (χ1v) is 11.3. The number of anilines is 1. The standard InChI is InChI=1S/C27H31N3O3/c1-16-10-21(32)11-17(2)22(16)15-24(28)27(33)30-26-8-9-29-25-7-6-19(14-23(25)26)12-18-4-3-5-20(31)13-18/h3-7,10-11,13-14,24,26,29,31-32H,8-9,12,15,28H2,1-2H3,(H,30,33)/t24-,26+/m0/s1. The molecular weight excluding hydrogens is 414 g/mol. The van der Waals surface area contributed by atoms with Crippen LogP contribution in [0.15, 0.2) is 54.6 Å². The van der Waals surface area contributed by atoms with Crippen LogP contribution in [0.5, 0.6) is 11.5 Å². The molecule has 6 heteroatoms. The SMILES string of the molecule is Cc1cc(O)cc(C)c1C[C@H](N)C(=O)N[C@@H]1CCNc2ccc(Cc3cccc(O)c3)cc21. The van der Waals surface area contributed by atoms with E-state index in [1.807, 2.05) is 26.0 Å². The lowest BCUT2D eigenvalue weighted by Gasteiger charge is -2.29. The number of hydrogen-bond acceptors (Lipinski definition) is 5. The van der Waals surface area contributed by atoms with Gasteiger partial charge in [-0.05, 0) is 96.8 Å². The van der Waals surface area contributed by atoms with E-state index in [1.165, 1.54) is 0 Å². The van der Waals surface area contributed by atoms with Gasteiger partial charge in [-0.3, -0.25) is 4.79 Å².